The van der Waals surface area contributed by atoms with E-state index in [0.717, 1.165) is 16.6 Å². The average molecular weight is 289 g/mol. The van der Waals surface area contributed by atoms with Crippen LogP contribution in [-0.4, -0.2) is 6.10 Å². The van der Waals surface area contributed by atoms with Crippen LogP contribution in [0, 0.1) is 11.3 Å². The molecule has 0 aliphatic rings. The van der Waals surface area contributed by atoms with Crippen LogP contribution in [0.15, 0.2) is 22.7 Å². The van der Waals surface area contributed by atoms with Crippen LogP contribution in [0.3, 0.4) is 0 Å². The van der Waals surface area contributed by atoms with E-state index >= 15 is 0 Å². The Labute approximate surface area is 103 Å². The lowest BCUT2D eigenvalue weighted by molar-refractivity contribution is 0.201. The topological polar surface area (TPSA) is 33.0 Å². The first-order valence-corrected chi connectivity index (χ1v) is 5.83. The van der Waals surface area contributed by atoms with Crippen molar-refractivity contribution in [2.75, 3.05) is 0 Å². The maximum absolute atomic E-state index is 8.60. The van der Waals surface area contributed by atoms with Crippen molar-refractivity contribution in [1.82, 2.24) is 0 Å². The lowest BCUT2D eigenvalue weighted by atomic mass is 10.2. The highest BCUT2D eigenvalue weighted by molar-refractivity contribution is 9.10. The summed E-state index contributed by atoms with van der Waals surface area (Å²) < 4.78 is 6.47. The Bertz CT molecular complexity index is 375. The van der Waals surface area contributed by atoms with E-state index in [4.69, 9.17) is 21.6 Å². The van der Waals surface area contributed by atoms with E-state index in [0.29, 0.717) is 11.4 Å². The summed E-state index contributed by atoms with van der Waals surface area (Å²) >= 11 is 9.17. The summed E-state index contributed by atoms with van der Waals surface area (Å²) in [5.74, 6) is 0.724. The molecule has 2 nitrogen and oxygen atoms in total. The number of hydrogen-bond donors (Lipinski definition) is 0. The quantitative estimate of drug-likeness (QED) is 0.833. The van der Waals surface area contributed by atoms with Crippen molar-refractivity contribution in [2.24, 2.45) is 0 Å². The maximum Gasteiger partial charge on any atom is 0.134 e. The van der Waals surface area contributed by atoms with Gasteiger partial charge < -0.3 is 4.74 Å². The second-order valence-electron chi connectivity index (χ2n) is 3.09. The highest BCUT2D eigenvalue weighted by atomic mass is 79.9. The zero-order valence-corrected chi connectivity index (χ0v) is 10.7. The smallest absolute Gasteiger partial charge is 0.134 e. The number of ether oxygens (including phenoxy) is 1. The fourth-order valence-corrected chi connectivity index (χ4v) is 1.90. The molecule has 0 fully saturated rings. The van der Waals surface area contributed by atoms with Crippen LogP contribution in [-0.2, 0) is 0 Å². The molecule has 1 rings (SSSR count). The summed E-state index contributed by atoms with van der Waals surface area (Å²) in [5.41, 5.74) is 0. The monoisotopic (exact) mass is 287 g/mol. The van der Waals surface area contributed by atoms with Gasteiger partial charge in [-0.2, -0.15) is 5.26 Å². The van der Waals surface area contributed by atoms with Crippen LogP contribution in [0.2, 0.25) is 5.02 Å². The molecule has 0 aliphatic heterocycles. The largest absolute Gasteiger partial charge is 0.488 e. The summed E-state index contributed by atoms with van der Waals surface area (Å²) in [4.78, 5) is 0. The van der Waals surface area contributed by atoms with Crippen molar-refractivity contribution < 1.29 is 4.74 Å². The van der Waals surface area contributed by atoms with Gasteiger partial charge in [-0.3, -0.25) is 0 Å². The van der Waals surface area contributed by atoms with Crippen LogP contribution < -0.4 is 4.74 Å². The number of nitriles is 1. The molecule has 1 atom stereocenters. The van der Waals surface area contributed by atoms with Crippen molar-refractivity contribution >= 4 is 27.5 Å². The molecular weight excluding hydrogens is 277 g/mol. The predicted molar refractivity (Wildman–Crippen MR) is 64.1 cm³/mol. The Balaban J connectivity index is 2.75. The number of rotatable bonds is 4. The number of nitrogens with zero attached hydrogens (tertiary/aromatic N) is 1. The van der Waals surface area contributed by atoms with Crippen LogP contribution in [0.5, 0.6) is 5.75 Å². The molecule has 4 heteroatoms. The normalized spacial score (nSPS) is 11.9. The van der Waals surface area contributed by atoms with Crippen LogP contribution in [0.4, 0.5) is 0 Å². The number of hydrogen-bond acceptors (Lipinski definition) is 2. The van der Waals surface area contributed by atoms with Gasteiger partial charge in [0.2, 0.25) is 0 Å². The first-order valence-electron chi connectivity index (χ1n) is 4.66. The Morgan fingerprint density at radius 2 is 2.33 bits per heavy atom. The summed E-state index contributed by atoms with van der Waals surface area (Å²) in [6.07, 6.45) is 1.14. The zero-order chi connectivity index (χ0) is 11.3. The Kier molecular flexibility index (Phi) is 4.93. The van der Waals surface area contributed by atoms with Gasteiger partial charge >= 0.3 is 0 Å². The molecule has 0 saturated heterocycles. The van der Waals surface area contributed by atoms with Gasteiger partial charge in [0.05, 0.1) is 17.0 Å². The van der Waals surface area contributed by atoms with Gasteiger partial charge in [-0.05, 0) is 40.5 Å². The summed E-state index contributed by atoms with van der Waals surface area (Å²) in [6.45, 7) is 1.99. The maximum atomic E-state index is 8.60. The fourth-order valence-electron chi connectivity index (χ4n) is 1.12. The van der Waals surface area contributed by atoms with Crippen molar-refractivity contribution in [3.63, 3.8) is 0 Å². The molecule has 0 aliphatic carbocycles. The van der Waals surface area contributed by atoms with Crippen molar-refractivity contribution in [3.8, 4) is 11.8 Å². The van der Waals surface area contributed by atoms with Gasteiger partial charge in [0, 0.05) is 5.02 Å². The molecule has 15 heavy (non-hydrogen) atoms. The second-order valence-corrected chi connectivity index (χ2v) is 4.38. The van der Waals surface area contributed by atoms with Crippen molar-refractivity contribution in [2.45, 2.75) is 25.9 Å². The second kappa shape index (κ2) is 5.99. The molecule has 1 unspecified atom stereocenters. The Morgan fingerprint density at radius 3 is 2.87 bits per heavy atom. The lowest BCUT2D eigenvalue weighted by Crippen LogP contribution is -2.14. The average Bonchev–Trinajstić information content (AvgIpc) is 2.21. The third-order valence-corrected chi connectivity index (χ3v) is 2.82. The molecule has 80 valence electrons. The molecule has 1 aromatic rings. The van der Waals surface area contributed by atoms with Gasteiger partial charge in [0.25, 0.3) is 0 Å². The van der Waals surface area contributed by atoms with Crippen LogP contribution in [0.25, 0.3) is 0 Å². The summed E-state index contributed by atoms with van der Waals surface area (Å²) in [7, 11) is 0. The minimum Gasteiger partial charge on any atom is -0.488 e. The molecule has 0 N–H and O–H groups in total. The SMILES string of the molecule is CCC(CC#N)Oc1ccc(Cl)cc1Br. The van der Waals surface area contributed by atoms with Crippen LogP contribution >= 0.6 is 27.5 Å². The minimum absolute atomic E-state index is 0.0625. The molecule has 0 saturated carbocycles. The van der Waals surface area contributed by atoms with E-state index in [9.17, 15) is 0 Å². The highest BCUT2D eigenvalue weighted by Crippen LogP contribution is 2.29. The predicted octanol–water partition coefficient (Wildman–Crippen LogP) is 4.17. The van der Waals surface area contributed by atoms with Gasteiger partial charge in [-0.15, -0.1) is 0 Å². The van der Waals surface area contributed by atoms with E-state index in [1.807, 2.05) is 6.92 Å². The molecule has 0 radical (unpaired) electrons. The first kappa shape index (κ1) is 12.4. The molecule has 0 amide bonds. The third-order valence-electron chi connectivity index (χ3n) is 1.96. The standard InChI is InChI=1S/C11H11BrClNO/c1-2-9(5-6-14)15-11-4-3-8(13)7-10(11)12/h3-4,7,9H,2,5H2,1H3. The third kappa shape index (κ3) is 3.73. The fraction of sp³-hybridized carbons (Fsp3) is 0.364. The van der Waals surface area contributed by atoms with E-state index in [-0.39, 0.29) is 6.10 Å². The lowest BCUT2D eigenvalue weighted by Gasteiger charge is -2.15. The molecule has 0 bridgehead atoms. The van der Waals surface area contributed by atoms with E-state index in [1.165, 1.54) is 0 Å². The van der Waals surface area contributed by atoms with Crippen LogP contribution in [0.1, 0.15) is 19.8 Å². The van der Waals surface area contributed by atoms with Gasteiger partial charge in [-0.1, -0.05) is 18.5 Å². The molecule has 0 spiro atoms. The number of benzene rings is 1. The zero-order valence-electron chi connectivity index (χ0n) is 8.34. The molecule has 0 aromatic heterocycles. The summed E-state index contributed by atoms with van der Waals surface area (Å²) in [5, 5.41) is 9.25. The van der Waals surface area contributed by atoms with Gasteiger partial charge in [0.1, 0.15) is 11.9 Å². The van der Waals surface area contributed by atoms with Gasteiger partial charge in [0.15, 0.2) is 0 Å². The Morgan fingerprint density at radius 1 is 1.60 bits per heavy atom. The summed E-state index contributed by atoms with van der Waals surface area (Å²) in [6, 6.07) is 7.44. The highest BCUT2D eigenvalue weighted by Gasteiger charge is 2.09. The van der Waals surface area contributed by atoms with Gasteiger partial charge in [-0.25, -0.2) is 0 Å². The number of halogens is 2. The van der Waals surface area contributed by atoms with E-state index < -0.39 is 0 Å². The van der Waals surface area contributed by atoms with E-state index in [2.05, 4.69) is 22.0 Å². The van der Waals surface area contributed by atoms with Crippen molar-refractivity contribution in [1.29, 1.82) is 5.26 Å². The van der Waals surface area contributed by atoms with E-state index in [1.54, 1.807) is 18.2 Å². The molecule has 0 heterocycles. The Hall–Kier alpha value is -0.720. The molecule has 1 aromatic carbocycles. The van der Waals surface area contributed by atoms with Crippen molar-refractivity contribution in [3.05, 3.63) is 27.7 Å². The minimum atomic E-state index is -0.0625. The first-order chi connectivity index (χ1) is 7.17. The molecular formula is C11H11BrClNO.